The molecule has 0 bridgehead atoms. The number of hydrogen-bond donors (Lipinski definition) is 1. The van der Waals surface area contributed by atoms with Crippen molar-refractivity contribution in [3.8, 4) is 0 Å². The highest BCUT2D eigenvalue weighted by atomic mass is 32.2. The summed E-state index contributed by atoms with van der Waals surface area (Å²) in [5, 5.41) is 6.98. The summed E-state index contributed by atoms with van der Waals surface area (Å²) in [5.41, 5.74) is 1.21. The molecule has 0 radical (unpaired) electrons. The van der Waals surface area contributed by atoms with Crippen LogP contribution in [-0.4, -0.2) is 23.0 Å². The highest BCUT2D eigenvalue weighted by molar-refractivity contribution is 7.99. The van der Waals surface area contributed by atoms with Crippen LogP contribution in [0.25, 0.3) is 0 Å². The number of aromatic nitrogens is 1. The number of thiazole rings is 1. The van der Waals surface area contributed by atoms with E-state index < -0.39 is 0 Å². The van der Waals surface area contributed by atoms with Gasteiger partial charge in [-0.25, -0.2) is 4.98 Å². The second kappa shape index (κ2) is 6.62. The standard InChI is InChI=1S/C12H20N2S2/c1-2-12-14-11(9-16-12)8-13-7-10-3-5-15-6-4-10/h9-10,13H,2-8H2,1H3. The largest absolute Gasteiger partial charge is 0.311 e. The van der Waals surface area contributed by atoms with Gasteiger partial charge in [0.15, 0.2) is 0 Å². The maximum atomic E-state index is 4.56. The van der Waals surface area contributed by atoms with Crippen LogP contribution >= 0.6 is 23.1 Å². The SMILES string of the molecule is CCc1nc(CNCC2CCSCC2)cs1. The molecule has 0 aliphatic carbocycles. The van der Waals surface area contributed by atoms with E-state index in [1.807, 2.05) is 0 Å². The van der Waals surface area contributed by atoms with E-state index in [1.165, 1.54) is 41.6 Å². The number of nitrogens with zero attached hydrogens (tertiary/aromatic N) is 1. The average Bonchev–Trinajstić information content (AvgIpc) is 2.78. The van der Waals surface area contributed by atoms with Crippen molar-refractivity contribution in [1.29, 1.82) is 0 Å². The summed E-state index contributed by atoms with van der Waals surface area (Å²) in [6.45, 7) is 4.27. The second-order valence-corrected chi connectivity index (χ2v) is 6.44. The zero-order valence-corrected chi connectivity index (χ0v) is 11.5. The third-order valence-electron chi connectivity index (χ3n) is 2.98. The fraction of sp³-hybridized carbons (Fsp3) is 0.750. The summed E-state index contributed by atoms with van der Waals surface area (Å²) in [6.07, 6.45) is 3.83. The first-order chi connectivity index (χ1) is 7.88. The minimum Gasteiger partial charge on any atom is -0.311 e. The Bertz CT molecular complexity index is 306. The van der Waals surface area contributed by atoms with Crippen molar-refractivity contribution >= 4 is 23.1 Å². The van der Waals surface area contributed by atoms with Gasteiger partial charge in [0.1, 0.15) is 0 Å². The Hall–Kier alpha value is -0.0600. The van der Waals surface area contributed by atoms with E-state index in [0.29, 0.717) is 0 Å². The lowest BCUT2D eigenvalue weighted by Gasteiger charge is -2.21. The van der Waals surface area contributed by atoms with E-state index >= 15 is 0 Å². The van der Waals surface area contributed by atoms with E-state index in [1.54, 1.807) is 11.3 Å². The molecule has 0 atom stereocenters. The summed E-state index contributed by atoms with van der Waals surface area (Å²) < 4.78 is 0. The molecule has 1 saturated heterocycles. The van der Waals surface area contributed by atoms with Crippen LogP contribution < -0.4 is 5.32 Å². The molecule has 0 unspecified atom stereocenters. The minimum absolute atomic E-state index is 0.894. The Balaban J connectivity index is 1.66. The van der Waals surface area contributed by atoms with E-state index in [2.05, 4.69) is 34.4 Å². The van der Waals surface area contributed by atoms with Crippen molar-refractivity contribution in [1.82, 2.24) is 10.3 Å². The van der Waals surface area contributed by atoms with Crippen LogP contribution in [0.2, 0.25) is 0 Å². The predicted octanol–water partition coefficient (Wildman–Crippen LogP) is 2.94. The maximum absolute atomic E-state index is 4.56. The Morgan fingerprint density at radius 1 is 1.44 bits per heavy atom. The first kappa shape index (κ1) is 12.4. The van der Waals surface area contributed by atoms with Crippen molar-refractivity contribution < 1.29 is 0 Å². The minimum atomic E-state index is 0.894. The van der Waals surface area contributed by atoms with Crippen LogP contribution in [-0.2, 0) is 13.0 Å². The maximum Gasteiger partial charge on any atom is 0.0926 e. The van der Waals surface area contributed by atoms with Gasteiger partial charge in [-0.1, -0.05) is 6.92 Å². The number of hydrogen-bond acceptors (Lipinski definition) is 4. The van der Waals surface area contributed by atoms with Crippen LogP contribution in [0.3, 0.4) is 0 Å². The topological polar surface area (TPSA) is 24.9 Å². The van der Waals surface area contributed by atoms with E-state index in [4.69, 9.17) is 0 Å². The monoisotopic (exact) mass is 256 g/mol. The normalized spacial score (nSPS) is 17.8. The average molecular weight is 256 g/mol. The lowest BCUT2D eigenvalue weighted by Crippen LogP contribution is -2.25. The molecule has 0 spiro atoms. The molecule has 16 heavy (non-hydrogen) atoms. The van der Waals surface area contributed by atoms with Crippen molar-refractivity contribution in [2.24, 2.45) is 5.92 Å². The molecule has 2 heterocycles. The number of nitrogens with one attached hydrogen (secondary N) is 1. The number of aryl methyl sites for hydroxylation is 1. The zero-order valence-electron chi connectivity index (χ0n) is 9.87. The zero-order chi connectivity index (χ0) is 11.2. The van der Waals surface area contributed by atoms with Gasteiger partial charge in [-0.2, -0.15) is 11.8 Å². The summed E-state index contributed by atoms with van der Waals surface area (Å²) in [7, 11) is 0. The Labute approximate surface area is 106 Å². The Kier molecular flexibility index (Phi) is 5.13. The molecular formula is C12H20N2S2. The van der Waals surface area contributed by atoms with Gasteiger partial charge in [0.05, 0.1) is 10.7 Å². The summed E-state index contributed by atoms with van der Waals surface area (Å²) in [4.78, 5) is 4.56. The molecule has 0 amide bonds. The fourth-order valence-electron chi connectivity index (χ4n) is 1.95. The van der Waals surface area contributed by atoms with Gasteiger partial charge in [0, 0.05) is 11.9 Å². The smallest absolute Gasteiger partial charge is 0.0926 e. The van der Waals surface area contributed by atoms with Crippen molar-refractivity contribution in [3.05, 3.63) is 16.1 Å². The second-order valence-electron chi connectivity index (χ2n) is 4.27. The fourth-order valence-corrected chi connectivity index (χ4v) is 3.90. The van der Waals surface area contributed by atoms with Crippen LogP contribution in [0.1, 0.15) is 30.5 Å². The molecule has 1 fully saturated rings. The van der Waals surface area contributed by atoms with Crippen LogP contribution in [0.4, 0.5) is 0 Å². The van der Waals surface area contributed by atoms with E-state index in [9.17, 15) is 0 Å². The molecule has 4 heteroatoms. The molecule has 1 aromatic rings. The Morgan fingerprint density at radius 2 is 2.25 bits per heavy atom. The highest BCUT2D eigenvalue weighted by Gasteiger charge is 2.12. The van der Waals surface area contributed by atoms with E-state index in [-0.39, 0.29) is 0 Å². The summed E-state index contributed by atoms with van der Waals surface area (Å²) in [6, 6.07) is 0. The number of rotatable bonds is 5. The molecule has 0 aromatic carbocycles. The van der Waals surface area contributed by atoms with Gasteiger partial charge >= 0.3 is 0 Å². The summed E-state index contributed by atoms with van der Waals surface area (Å²) >= 11 is 3.88. The molecule has 90 valence electrons. The molecule has 1 aromatic heterocycles. The van der Waals surface area contributed by atoms with Crippen LogP contribution in [0.5, 0.6) is 0 Å². The molecule has 2 nitrogen and oxygen atoms in total. The lowest BCUT2D eigenvalue weighted by atomic mass is 10.0. The highest BCUT2D eigenvalue weighted by Crippen LogP contribution is 2.21. The van der Waals surface area contributed by atoms with Gasteiger partial charge in [0.2, 0.25) is 0 Å². The van der Waals surface area contributed by atoms with Gasteiger partial charge in [-0.15, -0.1) is 11.3 Å². The van der Waals surface area contributed by atoms with Crippen molar-refractivity contribution in [3.63, 3.8) is 0 Å². The molecule has 2 rings (SSSR count). The number of thioether (sulfide) groups is 1. The first-order valence-electron chi connectivity index (χ1n) is 6.10. The predicted molar refractivity (Wildman–Crippen MR) is 73.2 cm³/mol. The quantitative estimate of drug-likeness (QED) is 0.877. The third-order valence-corrected chi connectivity index (χ3v) is 5.07. The van der Waals surface area contributed by atoms with Crippen LogP contribution in [0, 0.1) is 5.92 Å². The van der Waals surface area contributed by atoms with Crippen LogP contribution in [0.15, 0.2) is 5.38 Å². The van der Waals surface area contributed by atoms with Crippen molar-refractivity contribution in [2.75, 3.05) is 18.1 Å². The first-order valence-corrected chi connectivity index (χ1v) is 8.13. The van der Waals surface area contributed by atoms with E-state index in [0.717, 1.165) is 18.9 Å². The molecular weight excluding hydrogens is 236 g/mol. The molecule has 0 saturated carbocycles. The molecule has 1 aliphatic rings. The van der Waals surface area contributed by atoms with Gasteiger partial charge in [-0.3, -0.25) is 0 Å². The van der Waals surface area contributed by atoms with Gasteiger partial charge in [0.25, 0.3) is 0 Å². The third kappa shape index (κ3) is 3.75. The van der Waals surface area contributed by atoms with Gasteiger partial charge in [-0.05, 0) is 43.2 Å². The molecule has 1 aliphatic heterocycles. The summed E-state index contributed by atoms with van der Waals surface area (Å²) in [5.74, 6) is 3.59. The molecule has 1 N–H and O–H groups in total. The Morgan fingerprint density at radius 3 is 2.94 bits per heavy atom. The van der Waals surface area contributed by atoms with Gasteiger partial charge < -0.3 is 5.32 Å². The van der Waals surface area contributed by atoms with Crippen molar-refractivity contribution in [2.45, 2.75) is 32.7 Å². The lowest BCUT2D eigenvalue weighted by molar-refractivity contribution is 0.446.